The fourth-order valence-electron chi connectivity index (χ4n) is 3.09. The zero-order valence-electron chi connectivity index (χ0n) is 15.8. The lowest BCUT2D eigenvalue weighted by Crippen LogP contribution is -2.10. The summed E-state index contributed by atoms with van der Waals surface area (Å²) >= 11 is 0. The van der Waals surface area contributed by atoms with Crippen LogP contribution in [0.3, 0.4) is 0 Å². The number of benzene rings is 2. The van der Waals surface area contributed by atoms with Crippen LogP contribution in [0.2, 0.25) is 0 Å². The molecule has 152 valence electrons. The van der Waals surface area contributed by atoms with Gasteiger partial charge in [0.2, 0.25) is 16.9 Å². The zero-order valence-corrected chi connectivity index (χ0v) is 15.8. The number of hydrogen-bond acceptors (Lipinski definition) is 8. The predicted octanol–water partition coefficient (Wildman–Crippen LogP) is 2.52. The largest absolute Gasteiger partial charge is 0.508 e. The van der Waals surface area contributed by atoms with Gasteiger partial charge in [0, 0.05) is 11.6 Å². The van der Waals surface area contributed by atoms with Crippen LogP contribution in [0.15, 0.2) is 33.5 Å². The Balaban J connectivity index is 2.48. The van der Waals surface area contributed by atoms with Crippen LogP contribution in [0.4, 0.5) is 0 Å². The molecule has 0 unspecified atom stereocenters. The lowest BCUT2D eigenvalue weighted by atomic mass is 10.00. The molecule has 0 aliphatic carbocycles. The highest BCUT2D eigenvalue weighted by atomic mass is 16.5. The first kappa shape index (κ1) is 19.9. The molecule has 29 heavy (non-hydrogen) atoms. The van der Waals surface area contributed by atoms with Crippen molar-refractivity contribution in [3.63, 3.8) is 0 Å². The van der Waals surface area contributed by atoms with Crippen molar-refractivity contribution >= 4 is 16.9 Å². The summed E-state index contributed by atoms with van der Waals surface area (Å²) in [5.41, 5.74) is -0.392. The average Bonchev–Trinajstić information content (AvgIpc) is 2.68. The van der Waals surface area contributed by atoms with E-state index in [1.165, 1.54) is 45.6 Å². The fraction of sp³-hybridized carbons (Fsp3) is 0.200. The molecule has 3 aromatic rings. The van der Waals surface area contributed by atoms with Crippen molar-refractivity contribution < 1.29 is 38.7 Å². The van der Waals surface area contributed by atoms with Gasteiger partial charge in [-0.25, -0.2) is 0 Å². The van der Waals surface area contributed by atoms with Gasteiger partial charge in [-0.05, 0) is 17.7 Å². The van der Waals surface area contributed by atoms with Gasteiger partial charge in [-0.3, -0.25) is 9.59 Å². The highest BCUT2D eigenvalue weighted by Gasteiger charge is 2.26. The minimum absolute atomic E-state index is 0.0567. The van der Waals surface area contributed by atoms with Gasteiger partial charge in [-0.15, -0.1) is 0 Å². The number of ether oxygens (including phenoxy) is 3. The molecular weight excluding hydrogens is 384 g/mol. The molecule has 0 spiro atoms. The molecule has 3 rings (SSSR count). The number of aromatic hydroxyl groups is 2. The Kier molecular flexibility index (Phi) is 5.22. The van der Waals surface area contributed by atoms with E-state index in [2.05, 4.69) is 0 Å². The summed E-state index contributed by atoms with van der Waals surface area (Å²) in [6.07, 6.45) is -0.388. The Morgan fingerprint density at radius 3 is 2.31 bits per heavy atom. The van der Waals surface area contributed by atoms with Crippen LogP contribution in [-0.2, 0) is 11.2 Å². The van der Waals surface area contributed by atoms with Gasteiger partial charge in [-0.2, -0.15) is 0 Å². The Hall–Kier alpha value is -3.88. The molecule has 0 atom stereocenters. The minimum atomic E-state index is -1.11. The summed E-state index contributed by atoms with van der Waals surface area (Å²) in [5, 5.41) is 29.2. The maximum Gasteiger partial charge on any atom is 0.307 e. The SMILES string of the molecule is COc1cc(O)c2c(=O)c(OC)c(-c3cc(O)ccc3CC(=O)O)oc2c1OC. The van der Waals surface area contributed by atoms with Crippen LogP contribution in [-0.4, -0.2) is 42.6 Å². The first-order chi connectivity index (χ1) is 13.8. The summed E-state index contributed by atoms with van der Waals surface area (Å²) < 4.78 is 21.5. The number of methoxy groups -OCH3 is 3. The monoisotopic (exact) mass is 402 g/mol. The number of carboxylic acid groups (broad SMARTS) is 1. The van der Waals surface area contributed by atoms with E-state index in [0.29, 0.717) is 0 Å². The Labute approximate surface area is 164 Å². The molecule has 9 heteroatoms. The van der Waals surface area contributed by atoms with Crippen molar-refractivity contribution in [3.05, 3.63) is 40.1 Å². The third kappa shape index (κ3) is 3.38. The van der Waals surface area contributed by atoms with Gasteiger partial charge in [-0.1, -0.05) is 6.07 Å². The molecule has 0 aliphatic rings. The summed E-state index contributed by atoms with van der Waals surface area (Å²) in [4.78, 5) is 24.3. The quantitative estimate of drug-likeness (QED) is 0.568. The van der Waals surface area contributed by atoms with E-state index in [0.717, 1.165) is 0 Å². The van der Waals surface area contributed by atoms with Crippen molar-refractivity contribution in [2.75, 3.05) is 21.3 Å². The topological polar surface area (TPSA) is 136 Å². The second-order valence-corrected chi connectivity index (χ2v) is 6.04. The van der Waals surface area contributed by atoms with Gasteiger partial charge in [0.25, 0.3) is 0 Å². The van der Waals surface area contributed by atoms with E-state index < -0.39 is 17.1 Å². The highest BCUT2D eigenvalue weighted by Crippen LogP contribution is 2.44. The fourth-order valence-corrected chi connectivity index (χ4v) is 3.09. The van der Waals surface area contributed by atoms with Gasteiger partial charge in [0.05, 0.1) is 27.8 Å². The minimum Gasteiger partial charge on any atom is -0.508 e. The summed E-state index contributed by atoms with van der Waals surface area (Å²) in [6, 6.07) is 5.20. The molecule has 9 nitrogen and oxygen atoms in total. The predicted molar refractivity (Wildman–Crippen MR) is 102 cm³/mol. The van der Waals surface area contributed by atoms with E-state index >= 15 is 0 Å². The molecule has 0 radical (unpaired) electrons. The third-order valence-corrected chi connectivity index (χ3v) is 4.33. The van der Waals surface area contributed by atoms with Crippen LogP contribution in [0, 0.1) is 0 Å². The summed E-state index contributed by atoms with van der Waals surface area (Å²) in [5.74, 6) is -1.90. The lowest BCUT2D eigenvalue weighted by molar-refractivity contribution is -0.136. The van der Waals surface area contributed by atoms with Crippen molar-refractivity contribution in [3.8, 4) is 40.1 Å². The number of fused-ring (bicyclic) bond motifs is 1. The normalized spacial score (nSPS) is 10.7. The Morgan fingerprint density at radius 2 is 1.72 bits per heavy atom. The Bertz CT molecular complexity index is 1160. The van der Waals surface area contributed by atoms with Gasteiger partial charge < -0.3 is 33.9 Å². The summed E-state index contributed by atoms with van der Waals surface area (Å²) in [7, 11) is 3.92. The molecule has 0 aliphatic heterocycles. The van der Waals surface area contributed by atoms with Crippen molar-refractivity contribution in [1.29, 1.82) is 0 Å². The van der Waals surface area contributed by atoms with Crippen molar-refractivity contribution in [2.45, 2.75) is 6.42 Å². The zero-order chi connectivity index (χ0) is 21.3. The standard InChI is InChI=1S/C20H18O9/c1-26-13-8-12(22)15-16(25)20(28-3)17(29-19(15)18(13)27-2)11-7-10(21)5-4-9(11)6-14(23)24/h4-5,7-8,21-22H,6H2,1-3H3,(H,23,24). The van der Waals surface area contributed by atoms with E-state index in [1.54, 1.807) is 0 Å². The lowest BCUT2D eigenvalue weighted by Gasteiger charge is -2.15. The molecular formula is C20H18O9. The van der Waals surface area contributed by atoms with E-state index in [-0.39, 0.29) is 57.3 Å². The number of carbonyl (C=O) groups is 1. The molecule has 0 saturated carbocycles. The van der Waals surface area contributed by atoms with Gasteiger partial charge in [0.15, 0.2) is 17.1 Å². The first-order valence-electron chi connectivity index (χ1n) is 8.35. The molecule has 1 heterocycles. The maximum atomic E-state index is 13.0. The smallest absolute Gasteiger partial charge is 0.307 e. The number of carboxylic acids is 1. The molecule has 1 aromatic heterocycles. The van der Waals surface area contributed by atoms with Crippen LogP contribution >= 0.6 is 0 Å². The number of hydrogen-bond donors (Lipinski definition) is 3. The van der Waals surface area contributed by atoms with Crippen LogP contribution in [0.1, 0.15) is 5.56 Å². The first-order valence-corrected chi connectivity index (χ1v) is 8.35. The third-order valence-electron chi connectivity index (χ3n) is 4.33. The second-order valence-electron chi connectivity index (χ2n) is 6.04. The molecule has 0 fully saturated rings. The van der Waals surface area contributed by atoms with Crippen LogP contribution < -0.4 is 19.6 Å². The number of phenolic OH excluding ortho intramolecular Hbond substituents is 2. The van der Waals surface area contributed by atoms with Gasteiger partial charge in [0.1, 0.15) is 16.9 Å². The van der Waals surface area contributed by atoms with Crippen molar-refractivity contribution in [2.24, 2.45) is 0 Å². The maximum absolute atomic E-state index is 13.0. The van der Waals surface area contributed by atoms with E-state index in [1.807, 2.05) is 0 Å². The number of phenols is 2. The molecule has 2 aromatic carbocycles. The van der Waals surface area contributed by atoms with E-state index in [4.69, 9.17) is 18.6 Å². The number of aliphatic carboxylic acids is 1. The molecule has 0 bridgehead atoms. The second kappa shape index (κ2) is 7.63. The highest BCUT2D eigenvalue weighted by molar-refractivity contribution is 5.93. The number of rotatable bonds is 6. The van der Waals surface area contributed by atoms with E-state index in [9.17, 15) is 24.9 Å². The van der Waals surface area contributed by atoms with Gasteiger partial charge >= 0.3 is 5.97 Å². The van der Waals surface area contributed by atoms with Crippen LogP contribution in [0.25, 0.3) is 22.3 Å². The molecule has 3 N–H and O–H groups in total. The molecule has 0 saturated heterocycles. The molecule has 0 amide bonds. The van der Waals surface area contributed by atoms with Crippen LogP contribution in [0.5, 0.6) is 28.7 Å². The van der Waals surface area contributed by atoms with Crippen molar-refractivity contribution in [1.82, 2.24) is 0 Å². The summed E-state index contributed by atoms with van der Waals surface area (Å²) in [6.45, 7) is 0. The Morgan fingerprint density at radius 1 is 1.03 bits per heavy atom. The average molecular weight is 402 g/mol.